The van der Waals surface area contributed by atoms with Gasteiger partial charge in [0.15, 0.2) is 0 Å². The number of imide groups is 1. The Morgan fingerprint density at radius 3 is 2.56 bits per heavy atom. The van der Waals surface area contributed by atoms with Crippen LogP contribution < -0.4 is 0 Å². The minimum atomic E-state index is -0.869. The molecule has 5 atom stereocenters. The van der Waals surface area contributed by atoms with Crippen molar-refractivity contribution in [3.8, 4) is 0 Å². The van der Waals surface area contributed by atoms with E-state index in [-0.39, 0.29) is 48.1 Å². The van der Waals surface area contributed by atoms with Crippen molar-refractivity contribution in [3.63, 3.8) is 0 Å². The van der Waals surface area contributed by atoms with E-state index >= 15 is 0 Å². The number of likely N-dealkylation sites (tertiary alicyclic amines) is 2. The van der Waals surface area contributed by atoms with Gasteiger partial charge >= 0.3 is 0 Å². The van der Waals surface area contributed by atoms with Crippen molar-refractivity contribution in [1.29, 1.82) is 0 Å². The molecule has 0 bridgehead atoms. The predicted molar refractivity (Wildman–Crippen MR) is 96.4 cm³/mol. The van der Waals surface area contributed by atoms with Gasteiger partial charge in [-0.05, 0) is 39.0 Å². The maximum Gasteiger partial charge on any atom is 0.243 e. The molecule has 1 aliphatic carbocycles. The number of amides is 3. The second-order valence-electron chi connectivity index (χ2n) is 8.50. The van der Waals surface area contributed by atoms with E-state index in [2.05, 4.69) is 0 Å². The molecule has 4 rings (SSSR count). The Morgan fingerprint density at radius 2 is 1.93 bits per heavy atom. The van der Waals surface area contributed by atoms with E-state index in [1.165, 1.54) is 0 Å². The van der Waals surface area contributed by atoms with E-state index in [4.69, 9.17) is 4.74 Å². The van der Waals surface area contributed by atoms with Gasteiger partial charge in [-0.15, -0.1) is 0 Å². The fourth-order valence-electron chi connectivity index (χ4n) is 5.15. The van der Waals surface area contributed by atoms with Crippen molar-refractivity contribution in [2.24, 2.45) is 17.8 Å². The van der Waals surface area contributed by atoms with Gasteiger partial charge in [0.2, 0.25) is 17.7 Å². The number of ether oxygens (including phenoxy) is 1. The summed E-state index contributed by atoms with van der Waals surface area (Å²) in [6.45, 7) is 3.18. The maximum atomic E-state index is 13.0. The molecule has 0 spiro atoms. The molecule has 0 radical (unpaired) electrons. The molecule has 148 valence electrons. The van der Waals surface area contributed by atoms with Gasteiger partial charge in [-0.2, -0.15) is 0 Å². The Hall–Kier alpha value is -1.73. The number of hydrogen-bond donors (Lipinski definition) is 1. The molecule has 0 aromatic carbocycles. The van der Waals surface area contributed by atoms with Crippen LogP contribution in [0.2, 0.25) is 0 Å². The molecular weight excluding hydrogens is 348 g/mol. The second-order valence-corrected chi connectivity index (χ2v) is 8.50. The summed E-state index contributed by atoms with van der Waals surface area (Å²) in [6, 6.07) is -0.107. The molecule has 3 heterocycles. The predicted octanol–water partition coefficient (Wildman–Crippen LogP) is 0.716. The van der Waals surface area contributed by atoms with E-state index in [1.807, 2.05) is 19.1 Å². The molecule has 1 N–H and O–H groups in total. The number of allylic oxidation sites excluding steroid dienone is 2. The van der Waals surface area contributed by atoms with Gasteiger partial charge in [0.25, 0.3) is 0 Å². The van der Waals surface area contributed by atoms with Crippen molar-refractivity contribution >= 4 is 17.7 Å². The van der Waals surface area contributed by atoms with Crippen LogP contribution in [0.4, 0.5) is 0 Å². The standard InChI is InChI=1S/C20H28N2O5/c1-20(26)8-10-27-12-15(20)16-7-4-9-21(16)17(23)11-22-18(24)13-5-2-3-6-14(13)19(22)25/h2-3,13-16,26H,4-12H2,1H3/t13-,14-,15-,16+,20+/m1/s1. The van der Waals surface area contributed by atoms with Gasteiger partial charge in [-0.25, -0.2) is 0 Å². The van der Waals surface area contributed by atoms with Gasteiger partial charge in [-0.1, -0.05) is 12.2 Å². The van der Waals surface area contributed by atoms with Crippen molar-refractivity contribution in [2.45, 2.75) is 50.7 Å². The Morgan fingerprint density at radius 1 is 1.26 bits per heavy atom. The third-order valence-electron chi connectivity index (χ3n) is 6.83. The molecule has 3 fully saturated rings. The van der Waals surface area contributed by atoms with Crippen LogP contribution in [-0.2, 0) is 19.1 Å². The lowest BCUT2D eigenvalue weighted by Crippen LogP contribution is -2.55. The summed E-state index contributed by atoms with van der Waals surface area (Å²) in [6.07, 6.45) is 7.27. The zero-order valence-electron chi connectivity index (χ0n) is 15.8. The van der Waals surface area contributed by atoms with E-state index < -0.39 is 5.60 Å². The van der Waals surface area contributed by atoms with Crippen LogP contribution in [0.25, 0.3) is 0 Å². The number of rotatable bonds is 3. The van der Waals surface area contributed by atoms with Crippen molar-refractivity contribution in [1.82, 2.24) is 9.80 Å². The summed E-state index contributed by atoms with van der Waals surface area (Å²) >= 11 is 0. The van der Waals surface area contributed by atoms with E-state index in [9.17, 15) is 19.5 Å². The van der Waals surface area contributed by atoms with Gasteiger partial charge in [0, 0.05) is 25.1 Å². The molecule has 0 saturated carbocycles. The smallest absolute Gasteiger partial charge is 0.243 e. The summed E-state index contributed by atoms with van der Waals surface area (Å²) < 4.78 is 5.57. The zero-order valence-corrected chi connectivity index (χ0v) is 15.8. The number of nitrogens with zero attached hydrogens (tertiary/aromatic N) is 2. The lowest BCUT2D eigenvalue weighted by molar-refractivity contribution is -0.152. The third-order valence-corrected chi connectivity index (χ3v) is 6.83. The minimum absolute atomic E-state index is 0.107. The van der Waals surface area contributed by atoms with E-state index in [1.54, 1.807) is 4.90 Å². The van der Waals surface area contributed by atoms with Crippen LogP contribution in [0.5, 0.6) is 0 Å². The highest BCUT2D eigenvalue weighted by molar-refractivity contribution is 6.07. The van der Waals surface area contributed by atoms with Gasteiger partial charge in [0.05, 0.1) is 24.0 Å². The molecule has 3 saturated heterocycles. The lowest BCUT2D eigenvalue weighted by Gasteiger charge is -2.43. The quantitative estimate of drug-likeness (QED) is 0.579. The molecule has 4 aliphatic rings. The Balaban J connectivity index is 1.46. The molecular formula is C20H28N2O5. The van der Waals surface area contributed by atoms with Gasteiger partial charge < -0.3 is 14.7 Å². The lowest BCUT2D eigenvalue weighted by atomic mass is 9.79. The summed E-state index contributed by atoms with van der Waals surface area (Å²) in [5.41, 5.74) is -0.869. The summed E-state index contributed by atoms with van der Waals surface area (Å²) in [7, 11) is 0. The van der Waals surface area contributed by atoms with Crippen LogP contribution in [0.3, 0.4) is 0 Å². The van der Waals surface area contributed by atoms with Crippen LogP contribution in [0, 0.1) is 17.8 Å². The monoisotopic (exact) mass is 376 g/mol. The number of aliphatic hydroxyl groups is 1. The first kappa shape index (κ1) is 18.6. The van der Waals surface area contributed by atoms with Gasteiger partial charge in [0.1, 0.15) is 6.54 Å². The summed E-state index contributed by atoms with van der Waals surface area (Å²) in [5, 5.41) is 10.8. The fraction of sp³-hybridized carbons (Fsp3) is 0.750. The summed E-state index contributed by atoms with van der Waals surface area (Å²) in [4.78, 5) is 41.2. The molecule has 27 heavy (non-hydrogen) atoms. The van der Waals surface area contributed by atoms with Crippen LogP contribution in [0.1, 0.15) is 39.0 Å². The number of fused-ring (bicyclic) bond motifs is 1. The third kappa shape index (κ3) is 3.21. The van der Waals surface area contributed by atoms with Crippen LogP contribution in [-0.4, -0.2) is 70.6 Å². The van der Waals surface area contributed by atoms with Gasteiger partial charge in [-0.3, -0.25) is 19.3 Å². The molecule has 0 aromatic rings. The maximum absolute atomic E-state index is 13.0. The highest BCUT2D eigenvalue weighted by Gasteiger charge is 2.49. The molecule has 3 amide bonds. The molecule has 0 aromatic heterocycles. The normalized spacial score (nSPS) is 39.2. The van der Waals surface area contributed by atoms with Crippen molar-refractivity contribution in [2.75, 3.05) is 26.3 Å². The van der Waals surface area contributed by atoms with E-state index in [0.717, 1.165) is 17.7 Å². The highest BCUT2D eigenvalue weighted by Crippen LogP contribution is 2.37. The second kappa shape index (κ2) is 7.02. The topological polar surface area (TPSA) is 87.2 Å². The van der Waals surface area contributed by atoms with Crippen molar-refractivity contribution in [3.05, 3.63) is 12.2 Å². The molecule has 0 unspecified atom stereocenters. The SMILES string of the molecule is C[C@]1(O)CCOC[C@@H]1[C@@H]1CCCN1C(=O)CN1C(=O)[C@@H]2CC=CC[C@H]2C1=O. The fourth-order valence-corrected chi connectivity index (χ4v) is 5.15. The zero-order chi connectivity index (χ0) is 19.2. The molecule has 7 nitrogen and oxygen atoms in total. The summed E-state index contributed by atoms with van der Waals surface area (Å²) in [5.74, 6) is -1.39. The van der Waals surface area contributed by atoms with E-state index in [0.29, 0.717) is 39.0 Å². The first-order chi connectivity index (χ1) is 12.9. The number of carbonyl (C=O) groups excluding carboxylic acids is 3. The Labute approximate surface area is 159 Å². The molecule has 7 heteroatoms. The average Bonchev–Trinajstić information content (AvgIpc) is 3.21. The molecule has 3 aliphatic heterocycles. The number of carbonyl (C=O) groups is 3. The van der Waals surface area contributed by atoms with Crippen molar-refractivity contribution < 1.29 is 24.2 Å². The number of hydrogen-bond acceptors (Lipinski definition) is 5. The van der Waals surface area contributed by atoms with Crippen LogP contribution in [0.15, 0.2) is 12.2 Å². The largest absolute Gasteiger partial charge is 0.390 e. The van der Waals surface area contributed by atoms with Crippen LogP contribution >= 0.6 is 0 Å². The Kier molecular flexibility index (Phi) is 4.84. The minimum Gasteiger partial charge on any atom is -0.390 e. The Bertz CT molecular complexity index is 647. The average molecular weight is 376 g/mol. The first-order valence-corrected chi connectivity index (χ1v) is 10.00. The first-order valence-electron chi connectivity index (χ1n) is 10.00. The highest BCUT2D eigenvalue weighted by atomic mass is 16.5.